The maximum atomic E-state index is 12.1. The van der Waals surface area contributed by atoms with Crippen LogP contribution in [0, 0.1) is 17.8 Å². The summed E-state index contributed by atoms with van der Waals surface area (Å²) < 4.78 is 1.09. The Balaban J connectivity index is 1.58. The van der Waals surface area contributed by atoms with Crippen molar-refractivity contribution in [1.82, 2.24) is 4.90 Å². The van der Waals surface area contributed by atoms with Crippen molar-refractivity contribution < 1.29 is 4.79 Å². The SMILES string of the molecule is NC[C@@H]1C[C@H]2CN(C(=O)/C=C/c3ccc(Br)s3)C[C@@H]12. The van der Waals surface area contributed by atoms with E-state index < -0.39 is 0 Å². The Morgan fingerprint density at radius 3 is 3.05 bits per heavy atom. The average molecular weight is 341 g/mol. The van der Waals surface area contributed by atoms with Crippen molar-refractivity contribution in [2.24, 2.45) is 23.5 Å². The third-order valence-corrected chi connectivity index (χ3v) is 5.89. The van der Waals surface area contributed by atoms with Crippen LogP contribution in [-0.2, 0) is 4.79 Å². The number of likely N-dealkylation sites (tertiary alicyclic amines) is 1. The van der Waals surface area contributed by atoms with Gasteiger partial charge in [-0.15, -0.1) is 11.3 Å². The lowest BCUT2D eigenvalue weighted by Crippen LogP contribution is -2.40. The molecule has 1 saturated heterocycles. The van der Waals surface area contributed by atoms with Gasteiger partial charge in [-0.05, 0) is 64.9 Å². The zero-order valence-electron chi connectivity index (χ0n) is 10.6. The number of rotatable bonds is 3. The van der Waals surface area contributed by atoms with Crippen LogP contribution in [0.1, 0.15) is 11.3 Å². The van der Waals surface area contributed by atoms with Crippen LogP contribution in [0.5, 0.6) is 0 Å². The summed E-state index contributed by atoms with van der Waals surface area (Å²) in [5.41, 5.74) is 5.73. The molecule has 19 heavy (non-hydrogen) atoms. The molecule has 1 aromatic heterocycles. The van der Waals surface area contributed by atoms with Crippen molar-refractivity contribution in [2.75, 3.05) is 19.6 Å². The van der Waals surface area contributed by atoms with Gasteiger partial charge >= 0.3 is 0 Å². The van der Waals surface area contributed by atoms with Crippen LogP contribution >= 0.6 is 27.3 Å². The van der Waals surface area contributed by atoms with Crippen LogP contribution in [0.2, 0.25) is 0 Å². The van der Waals surface area contributed by atoms with Crippen LogP contribution < -0.4 is 5.73 Å². The fraction of sp³-hybridized carbons (Fsp3) is 0.500. The molecule has 0 radical (unpaired) electrons. The fourth-order valence-corrected chi connectivity index (χ4v) is 4.50. The Labute approximate surface area is 125 Å². The normalized spacial score (nSPS) is 29.6. The highest BCUT2D eigenvalue weighted by Gasteiger charge is 2.46. The Bertz CT molecular complexity index is 513. The fourth-order valence-electron chi connectivity index (χ4n) is 3.18. The summed E-state index contributed by atoms with van der Waals surface area (Å²) in [5.74, 6) is 2.12. The van der Waals surface area contributed by atoms with Gasteiger partial charge in [-0.25, -0.2) is 0 Å². The van der Waals surface area contributed by atoms with E-state index in [-0.39, 0.29) is 5.91 Å². The molecule has 2 N–H and O–H groups in total. The van der Waals surface area contributed by atoms with Crippen LogP contribution in [0.25, 0.3) is 6.08 Å². The zero-order chi connectivity index (χ0) is 13.4. The van der Waals surface area contributed by atoms with Crippen LogP contribution in [0.4, 0.5) is 0 Å². The molecular weight excluding hydrogens is 324 g/mol. The quantitative estimate of drug-likeness (QED) is 0.859. The van der Waals surface area contributed by atoms with Crippen molar-refractivity contribution in [2.45, 2.75) is 6.42 Å². The molecule has 0 unspecified atom stereocenters. The maximum Gasteiger partial charge on any atom is 0.246 e. The number of hydrogen-bond acceptors (Lipinski definition) is 3. The third kappa shape index (κ3) is 2.64. The molecule has 3 nitrogen and oxygen atoms in total. The molecule has 1 amide bonds. The number of fused-ring (bicyclic) bond motifs is 1. The van der Waals surface area contributed by atoms with E-state index in [1.165, 1.54) is 6.42 Å². The first-order chi connectivity index (χ1) is 9.17. The van der Waals surface area contributed by atoms with Crippen molar-refractivity contribution in [1.29, 1.82) is 0 Å². The molecule has 1 aliphatic heterocycles. The summed E-state index contributed by atoms with van der Waals surface area (Å²) in [6.45, 7) is 2.57. The summed E-state index contributed by atoms with van der Waals surface area (Å²) in [4.78, 5) is 15.2. The number of carbonyl (C=O) groups excluding carboxylic acids is 1. The smallest absolute Gasteiger partial charge is 0.246 e. The molecule has 3 rings (SSSR count). The molecule has 5 heteroatoms. The molecule has 102 valence electrons. The first-order valence-electron chi connectivity index (χ1n) is 6.59. The van der Waals surface area contributed by atoms with Gasteiger partial charge in [0.25, 0.3) is 0 Å². The van der Waals surface area contributed by atoms with E-state index in [4.69, 9.17) is 5.73 Å². The predicted molar refractivity (Wildman–Crippen MR) is 81.8 cm³/mol. The number of nitrogens with zero attached hydrogens (tertiary/aromatic N) is 1. The van der Waals surface area contributed by atoms with Crippen LogP contribution in [-0.4, -0.2) is 30.4 Å². The number of thiophene rings is 1. The molecular formula is C14H17BrN2OS. The van der Waals surface area contributed by atoms with E-state index in [1.54, 1.807) is 17.4 Å². The number of carbonyl (C=O) groups is 1. The Morgan fingerprint density at radius 1 is 1.53 bits per heavy atom. The topological polar surface area (TPSA) is 46.3 Å². The van der Waals surface area contributed by atoms with E-state index in [0.717, 1.165) is 28.3 Å². The van der Waals surface area contributed by atoms with Gasteiger partial charge in [0.1, 0.15) is 0 Å². The molecule has 3 atom stereocenters. The van der Waals surface area contributed by atoms with Crippen molar-refractivity contribution in [3.8, 4) is 0 Å². The lowest BCUT2D eigenvalue weighted by molar-refractivity contribution is -0.125. The molecule has 2 fully saturated rings. The minimum atomic E-state index is 0.134. The van der Waals surface area contributed by atoms with Gasteiger partial charge in [-0.3, -0.25) is 4.79 Å². The molecule has 1 saturated carbocycles. The summed E-state index contributed by atoms with van der Waals surface area (Å²) in [6, 6.07) is 4.01. The van der Waals surface area contributed by atoms with E-state index in [9.17, 15) is 4.79 Å². The summed E-state index contributed by atoms with van der Waals surface area (Å²) in [6.07, 6.45) is 4.80. The van der Waals surface area contributed by atoms with E-state index in [1.807, 2.05) is 23.1 Å². The number of halogens is 1. The average Bonchev–Trinajstić information content (AvgIpc) is 2.93. The van der Waals surface area contributed by atoms with Gasteiger partial charge in [0.2, 0.25) is 5.91 Å². The van der Waals surface area contributed by atoms with E-state index >= 15 is 0 Å². The van der Waals surface area contributed by atoms with Crippen molar-refractivity contribution >= 4 is 39.2 Å². The molecule has 2 heterocycles. The summed E-state index contributed by atoms with van der Waals surface area (Å²) in [7, 11) is 0. The first kappa shape index (κ1) is 13.3. The highest BCUT2D eigenvalue weighted by molar-refractivity contribution is 9.11. The number of nitrogens with two attached hydrogens (primary N) is 1. The minimum absolute atomic E-state index is 0.134. The van der Waals surface area contributed by atoms with Gasteiger partial charge in [0.15, 0.2) is 0 Å². The number of amides is 1. The lowest BCUT2D eigenvalue weighted by Gasteiger charge is -2.38. The second-order valence-electron chi connectivity index (χ2n) is 5.37. The van der Waals surface area contributed by atoms with Crippen molar-refractivity contribution in [3.05, 3.63) is 26.9 Å². The predicted octanol–water partition coefficient (Wildman–Crippen LogP) is 2.58. The minimum Gasteiger partial charge on any atom is -0.339 e. The van der Waals surface area contributed by atoms with Crippen LogP contribution in [0.15, 0.2) is 22.0 Å². The maximum absolute atomic E-state index is 12.1. The Morgan fingerprint density at radius 2 is 2.37 bits per heavy atom. The zero-order valence-corrected chi connectivity index (χ0v) is 13.0. The summed E-state index contributed by atoms with van der Waals surface area (Å²) >= 11 is 5.05. The van der Waals surface area contributed by atoms with E-state index in [2.05, 4.69) is 15.9 Å². The molecule has 1 aliphatic carbocycles. The second kappa shape index (κ2) is 5.38. The Kier molecular flexibility index (Phi) is 3.78. The van der Waals surface area contributed by atoms with Gasteiger partial charge < -0.3 is 10.6 Å². The second-order valence-corrected chi connectivity index (χ2v) is 7.87. The highest BCUT2D eigenvalue weighted by Crippen LogP contribution is 2.45. The van der Waals surface area contributed by atoms with Crippen LogP contribution in [0.3, 0.4) is 0 Å². The molecule has 0 bridgehead atoms. The highest BCUT2D eigenvalue weighted by atomic mass is 79.9. The Hall–Kier alpha value is -0.650. The van der Waals surface area contributed by atoms with Gasteiger partial charge in [0, 0.05) is 24.0 Å². The molecule has 2 aliphatic rings. The van der Waals surface area contributed by atoms with Gasteiger partial charge in [0.05, 0.1) is 3.79 Å². The molecule has 0 spiro atoms. The van der Waals surface area contributed by atoms with Gasteiger partial charge in [-0.2, -0.15) is 0 Å². The molecule has 1 aromatic rings. The monoisotopic (exact) mass is 340 g/mol. The van der Waals surface area contributed by atoms with Crippen molar-refractivity contribution in [3.63, 3.8) is 0 Å². The standard InChI is InChI=1S/C14H17BrN2OS/c15-13-3-1-11(19-13)2-4-14(18)17-7-10-5-9(6-16)12(10)8-17/h1-4,9-10,12H,5-8,16H2/b4-2+/t9-,10-,12-/m0/s1. The third-order valence-electron chi connectivity index (χ3n) is 4.30. The first-order valence-corrected chi connectivity index (χ1v) is 8.20. The largest absolute Gasteiger partial charge is 0.339 e. The lowest BCUT2D eigenvalue weighted by atomic mass is 9.67. The molecule has 0 aromatic carbocycles. The van der Waals surface area contributed by atoms with Gasteiger partial charge in [-0.1, -0.05) is 0 Å². The van der Waals surface area contributed by atoms with E-state index in [0.29, 0.717) is 17.8 Å². The summed E-state index contributed by atoms with van der Waals surface area (Å²) in [5, 5.41) is 0. The number of hydrogen-bond donors (Lipinski definition) is 1.